The maximum absolute atomic E-state index is 12.3. The Morgan fingerprint density at radius 1 is 1.46 bits per heavy atom. The van der Waals surface area contributed by atoms with Gasteiger partial charge in [0.15, 0.2) is 5.82 Å². The maximum Gasteiger partial charge on any atom is 0.317 e. The lowest BCUT2D eigenvalue weighted by Gasteiger charge is -2.20. The molecular formula is C16H24N6O2. The summed E-state index contributed by atoms with van der Waals surface area (Å²) in [4.78, 5) is 18.4. The molecule has 1 aliphatic carbocycles. The summed E-state index contributed by atoms with van der Waals surface area (Å²) in [6.07, 6.45) is 8.29. The van der Waals surface area contributed by atoms with Gasteiger partial charge in [0, 0.05) is 31.4 Å². The van der Waals surface area contributed by atoms with Crippen LogP contribution in [0.3, 0.4) is 0 Å². The zero-order valence-corrected chi connectivity index (χ0v) is 14.0. The monoisotopic (exact) mass is 332 g/mol. The van der Waals surface area contributed by atoms with Crippen molar-refractivity contribution < 1.29 is 9.32 Å². The second kappa shape index (κ2) is 7.94. The van der Waals surface area contributed by atoms with Crippen molar-refractivity contribution >= 4 is 6.03 Å². The summed E-state index contributed by atoms with van der Waals surface area (Å²) in [6, 6.07) is 1.74. The molecule has 0 aromatic carbocycles. The molecule has 0 saturated heterocycles. The third-order valence-corrected chi connectivity index (χ3v) is 4.41. The number of nitrogens with one attached hydrogen (secondary N) is 1. The SMILES string of the molecule is CCN(CCn1cccn1)C(=O)NCc1noc(C2CCCC2)n1. The van der Waals surface area contributed by atoms with Crippen LogP contribution in [0.1, 0.15) is 50.2 Å². The molecule has 2 amide bonds. The molecule has 0 aliphatic heterocycles. The lowest BCUT2D eigenvalue weighted by molar-refractivity contribution is 0.197. The highest BCUT2D eigenvalue weighted by atomic mass is 16.5. The molecule has 8 heteroatoms. The predicted octanol–water partition coefficient (Wildman–Crippen LogP) is 2.16. The molecule has 0 bridgehead atoms. The van der Waals surface area contributed by atoms with Gasteiger partial charge in [0.05, 0.1) is 13.1 Å². The van der Waals surface area contributed by atoms with E-state index in [0.717, 1.165) is 12.8 Å². The Bertz CT molecular complexity index is 633. The highest BCUT2D eigenvalue weighted by Gasteiger charge is 2.23. The average molecular weight is 332 g/mol. The van der Waals surface area contributed by atoms with Crippen LogP contribution in [0.2, 0.25) is 0 Å². The highest BCUT2D eigenvalue weighted by molar-refractivity contribution is 5.73. The number of nitrogens with zero attached hydrogens (tertiary/aromatic N) is 5. The van der Waals surface area contributed by atoms with Gasteiger partial charge in [0.25, 0.3) is 0 Å². The van der Waals surface area contributed by atoms with E-state index in [4.69, 9.17) is 4.52 Å². The number of rotatable bonds is 7. The van der Waals surface area contributed by atoms with Crippen LogP contribution in [0.4, 0.5) is 4.79 Å². The largest absolute Gasteiger partial charge is 0.339 e. The van der Waals surface area contributed by atoms with Crippen LogP contribution in [-0.2, 0) is 13.1 Å². The van der Waals surface area contributed by atoms with Gasteiger partial charge in [-0.1, -0.05) is 18.0 Å². The van der Waals surface area contributed by atoms with Crippen LogP contribution >= 0.6 is 0 Å². The van der Waals surface area contributed by atoms with Gasteiger partial charge in [-0.25, -0.2) is 4.79 Å². The van der Waals surface area contributed by atoms with Crippen LogP contribution in [0.5, 0.6) is 0 Å². The molecule has 1 N–H and O–H groups in total. The van der Waals surface area contributed by atoms with E-state index in [1.54, 1.807) is 11.1 Å². The van der Waals surface area contributed by atoms with E-state index in [-0.39, 0.29) is 12.6 Å². The molecule has 0 radical (unpaired) electrons. The second-order valence-corrected chi connectivity index (χ2v) is 6.04. The zero-order valence-electron chi connectivity index (χ0n) is 14.0. The number of carbonyl (C=O) groups excluding carboxylic acids is 1. The number of carbonyl (C=O) groups is 1. The van der Waals surface area contributed by atoms with E-state index in [9.17, 15) is 4.79 Å². The molecule has 0 unspecified atom stereocenters. The summed E-state index contributed by atoms with van der Waals surface area (Å²) >= 11 is 0. The molecule has 130 valence electrons. The Morgan fingerprint density at radius 2 is 2.29 bits per heavy atom. The molecule has 24 heavy (non-hydrogen) atoms. The molecule has 1 saturated carbocycles. The van der Waals surface area contributed by atoms with E-state index in [1.165, 1.54) is 12.8 Å². The summed E-state index contributed by atoms with van der Waals surface area (Å²) < 4.78 is 7.14. The summed E-state index contributed by atoms with van der Waals surface area (Å²) in [5.41, 5.74) is 0. The Morgan fingerprint density at radius 3 is 3.00 bits per heavy atom. The van der Waals surface area contributed by atoms with E-state index < -0.39 is 0 Å². The van der Waals surface area contributed by atoms with Gasteiger partial charge in [-0.2, -0.15) is 10.1 Å². The van der Waals surface area contributed by atoms with Crippen LogP contribution < -0.4 is 5.32 Å². The van der Waals surface area contributed by atoms with Crippen molar-refractivity contribution in [3.8, 4) is 0 Å². The molecular weight excluding hydrogens is 308 g/mol. The van der Waals surface area contributed by atoms with Crippen molar-refractivity contribution in [2.45, 2.75) is 51.6 Å². The van der Waals surface area contributed by atoms with Gasteiger partial charge in [-0.3, -0.25) is 4.68 Å². The second-order valence-electron chi connectivity index (χ2n) is 6.04. The fourth-order valence-electron chi connectivity index (χ4n) is 3.00. The maximum atomic E-state index is 12.3. The zero-order chi connectivity index (χ0) is 16.8. The van der Waals surface area contributed by atoms with Crippen molar-refractivity contribution in [1.29, 1.82) is 0 Å². The Labute approximate surface area is 141 Å². The van der Waals surface area contributed by atoms with Crippen LogP contribution in [-0.4, -0.2) is 43.9 Å². The highest BCUT2D eigenvalue weighted by Crippen LogP contribution is 2.32. The molecule has 2 aromatic rings. The number of hydrogen-bond donors (Lipinski definition) is 1. The number of likely N-dealkylation sites (N-methyl/N-ethyl adjacent to an activating group) is 1. The van der Waals surface area contributed by atoms with Crippen molar-refractivity contribution in [2.75, 3.05) is 13.1 Å². The quantitative estimate of drug-likeness (QED) is 0.839. The van der Waals surface area contributed by atoms with Gasteiger partial charge < -0.3 is 14.7 Å². The Balaban J connectivity index is 1.46. The smallest absolute Gasteiger partial charge is 0.317 e. The third-order valence-electron chi connectivity index (χ3n) is 4.41. The first kappa shape index (κ1) is 16.5. The Kier molecular flexibility index (Phi) is 5.45. The first-order chi connectivity index (χ1) is 11.8. The summed E-state index contributed by atoms with van der Waals surface area (Å²) in [6.45, 7) is 4.14. The molecule has 1 aliphatic rings. The van der Waals surface area contributed by atoms with Gasteiger partial charge in [0.2, 0.25) is 5.89 Å². The van der Waals surface area contributed by atoms with E-state index in [2.05, 4.69) is 20.6 Å². The normalized spacial score (nSPS) is 14.9. The van der Waals surface area contributed by atoms with Crippen molar-refractivity contribution in [3.05, 3.63) is 30.2 Å². The van der Waals surface area contributed by atoms with Crippen LogP contribution in [0, 0.1) is 0 Å². The van der Waals surface area contributed by atoms with Crippen LogP contribution in [0.15, 0.2) is 23.0 Å². The molecule has 2 heterocycles. The van der Waals surface area contributed by atoms with Gasteiger partial charge in [-0.05, 0) is 25.8 Å². The van der Waals surface area contributed by atoms with E-state index in [1.807, 2.05) is 23.9 Å². The molecule has 3 rings (SSSR count). The van der Waals surface area contributed by atoms with Crippen LogP contribution in [0.25, 0.3) is 0 Å². The fraction of sp³-hybridized carbons (Fsp3) is 0.625. The summed E-state index contributed by atoms with van der Waals surface area (Å²) in [5.74, 6) is 1.64. The first-order valence-corrected chi connectivity index (χ1v) is 8.59. The average Bonchev–Trinajstić information content (AvgIpc) is 3.33. The minimum Gasteiger partial charge on any atom is -0.339 e. The van der Waals surface area contributed by atoms with Gasteiger partial charge >= 0.3 is 6.03 Å². The predicted molar refractivity (Wildman–Crippen MR) is 87.2 cm³/mol. The third kappa shape index (κ3) is 4.12. The Hall–Kier alpha value is -2.38. The van der Waals surface area contributed by atoms with Gasteiger partial charge in [0.1, 0.15) is 0 Å². The summed E-state index contributed by atoms with van der Waals surface area (Å²) in [7, 11) is 0. The number of amides is 2. The standard InChI is InChI=1S/C16H24N6O2/c1-2-21(10-11-22-9-5-8-18-22)16(23)17-12-14-19-15(24-20-14)13-6-3-4-7-13/h5,8-9,13H,2-4,6-7,10-12H2,1H3,(H,17,23). The minimum absolute atomic E-state index is 0.128. The number of aromatic nitrogens is 4. The molecule has 0 atom stereocenters. The van der Waals surface area contributed by atoms with E-state index >= 15 is 0 Å². The number of hydrogen-bond acceptors (Lipinski definition) is 5. The van der Waals surface area contributed by atoms with E-state index in [0.29, 0.717) is 37.3 Å². The first-order valence-electron chi connectivity index (χ1n) is 8.59. The molecule has 2 aromatic heterocycles. The minimum atomic E-state index is -0.128. The van der Waals surface area contributed by atoms with Gasteiger partial charge in [-0.15, -0.1) is 0 Å². The topological polar surface area (TPSA) is 89.1 Å². The van der Waals surface area contributed by atoms with Crippen molar-refractivity contribution in [1.82, 2.24) is 30.1 Å². The molecule has 8 nitrogen and oxygen atoms in total. The fourth-order valence-corrected chi connectivity index (χ4v) is 3.00. The van der Waals surface area contributed by atoms with Crippen molar-refractivity contribution in [3.63, 3.8) is 0 Å². The lowest BCUT2D eigenvalue weighted by atomic mass is 10.1. The molecule has 1 fully saturated rings. The van der Waals surface area contributed by atoms with Crippen molar-refractivity contribution in [2.24, 2.45) is 0 Å². The number of urea groups is 1. The molecule has 0 spiro atoms. The summed E-state index contributed by atoms with van der Waals surface area (Å²) in [5, 5.41) is 11.0. The lowest BCUT2D eigenvalue weighted by Crippen LogP contribution is -2.41.